The second-order valence-corrected chi connectivity index (χ2v) is 14.3. The van der Waals surface area contributed by atoms with Crippen LogP contribution < -0.4 is 10.6 Å². The fraction of sp³-hybridized carbons (Fsp3) is 0.432. The molecule has 49 heavy (non-hydrogen) atoms. The quantitative estimate of drug-likeness (QED) is 0.170. The van der Waals surface area contributed by atoms with Gasteiger partial charge in [-0.2, -0.15) is 0 Å². The summed E-state index contributed by atoms with van der Waals surface area (Å²) in [5.74, 6) is 0.406. The third kappa shape index (κ3) is 9.35. The third-order valence-corrected chi connectivity index (χ3v) is 8.07. The smallest absolute Gasteiger partial charge is 0.417 e. The van der Waals surface area contributed by atoms with Crippen molar-refractivity contribution in [2.75, 3.05) is 0 Å². The molecule has 1 atom stereocenters. The maximum atomic E-state index is 12.7. The summed E-state index contributed by atoms with van der Waals surface area (Å²) in [5, 5.41) is 15.9. The zero-order valence-corrected chi connectivity index (χ0v) is 29.1. The number of imidazole rings is 1. The molecule has 0 bridgehead atoms. The summed E-state index contributed by atoms with van der Waals surface area (Å²) in [7, 11) is 0. The summed E-state index contributed by atoms with van der Waals surface area (Å²) >= 11 is 0. The van der Waals surface area contributed by atoms with Gasteiger partial charge in [0.25, 0.3) is 0 Å². The van der Waals surface area contributed by atoms with Crippen molar-refractivity contribution in [1.82, 2.24) is 30.1 Å². The number of nitrogens with zero attached hydrogens (tertiary/aromatic N) is 4. The highest BCUT2D eigenvalue weighted by Crippen LogP contribution is 2.35. The van der Waals surface area contributed by atoms with Crippen molar-refractivity contribution in [3.8, 4) is 0 Å². The minimum atomic E-state index is -1.10. The first-order valence-electron chi connectivity index (χ1n) is 16.6. The van der Waals surface area contributed by atoms with Gasteiger partial charge in [-0.25, -0.2) is 23.9 Å². The van der Waals surface area contributed by atoms with Gasteiger partial charge in [0, 0.05) is 25.8 Å². The number of alkyl carbamates (subject to hydrolysis) is 2. The minimum absolute atomic E-state index is 0.104. The molecule has 1 aliphatic rings. The van der Waals surface area contributed by atoms with E-state index in [-0.39, 0.29) is 25.7 Å². The van der Waals surface area contributed by atoms with Crippen molar-refractivity contribution >= 4 is 29.3 Å². The highest BCUT2D eigenvalue weighted by atomic mass is 16.6. The molecule has 2 heterocycles. The van der Waals surface area contributed by atoms with Gasteiger partial charge in [0.15, 0.2) is 0 Å². The summed E-state index contributed by atoms with van der Waals surface area (Å²) in [5.41, 5.74) is 4.53. The van der Waals surface area contributed by atoms with E-state index in [4.69, 9.17) is 19.4 Å². The van der Waals surface area contributed by atoms with Gasteiger partial charge >= 0.3 is 18.3 Å². The lowest BCUT2D eigenvalue weighted by Gasteiger charge is -2.35. The summed E-state index contributed by atoms with van der Waals surface area (Å²) in [4.78, 5) is 49.4. The highest BCUT2D eigenvalue weighted by Gasteiger charge is 2.30. The molecule has 0 saturated carbocycles. The van der Waals surface area contributed by atoms with E-state index in [0.29, 0.717) is 23.4 Å². The number of pyridine rings is 1. The predicted octanol–water partition coefficient (Wildman–Crippen LogP) is 7.09. The number of benzene rings is 2. The molecule has 0 spiro atoms. The number of aryl methyl sites for hydroxylation is 1. The van der Waals surface area contributed by atoms with E-state index in [1.807, 2.05) is 36.4 Å². The Morgan fingerprint density at radius 2 is 1.59 bits per heavy atom. The van der Waals surface area contributed by atoms with E-state index in [0.717, 1.165) is 41.6 Å². The molecule has 0 saturated heterocycles. The number of hydrogen-bond donors (Lipinski definition) is 3. The van der Waals surface area contributed by atoms with E-state index in [1.54, 1.807) is 59.9 Å². The third-order valence-electron chi connectivity index (χ3n) is 8.07. The topological polar surface area (TPSA) is 148 Å². The van der Waals surface area contributed by atoms with Crippen LogP contribution >= 0.6 is 0 Å². The van der Waals surface area contributed by atoms with Crippen LogP contribution in [0, 0.1) is 0 Å². The summed E-state index contributed by atoms with van der Waals surface area (Å²) in [6.45, 7) is 11.9. The van der Waals surface area contributed by atoms with Gasteiger partial charge in [-0.3, -0.25) is 9.88 Å². The van der Waals surface area contributed by atoms with Crippen LogP contribution in [-0.2, 0) is 42.1 Å². The molecule has 0 fully saturated rings. The molecule has 1 unspecified atom stereocenters. The lowest BCUT2D eigenvalue weighted by atomic mass is 9.90. The lowest BCUT2D eigenvalue weighted by molar-refractivity contribution is 0.0513. The number of carboxylic acid groups (broad SMARTS) is 1. The fourth-order valence-electron chi connectivity index (χ4n) is 6.09. The number of rotatable bonds is 9. The molecule has 2 aromatic heterocycles. The molecule has 12 nitrogen and oxygen atoms in total. The van der Waals surface area contributed by atoms with E-state index < -0.39 is 29.5 Å². The van der Waals surface area contributed by atoms with Crippen LogP contribution in [0.15, 0.2) is 60.8 Å². The maximum Gasteiger partial charge on any atom is 0.417 e. The highest BCUT2D eigenvalue weighted by molar-refractivity contribution is 5.86. The van der Waals surface area contributed by atoms with Crippen LogP contribution in [0.2, 0.25) is 0 Å². The first kappa shape index (κ1) is 35.3. The molecule has 4 aromatic rings. The Morgan fingerprint density at radius 3 is 2.29 bits per heavy atom. The van der Waals surface area contributed by atoms with Gasteiger partial charge in [-0.15, -0.1) is 0 Å². The van der Waals surface area contributed by atoms with Crippen molar-refractivity contribution in [2.45, 2.75) is 104 Å². The van der Waals surface area contributed by atoms with Gasteiger partial charge in [0.05, 0.1) is 29.3 Å². The van der Waals surface area contributed by atoms with Crippen LogP contribution in [0.3, 0.4) is 0 Å². The number of fused-ring (bicyclic) bond motifs is 2. The molecule has 2 aromatic carbocycles. The zero-order chi connectivity index (χ0) is 35.3. The number of para-hydroxylation sites is 2. The van der Waals surface area contributed by atoms with Gasteiger partial charge in [-0.05, 0) is 101 Å². The predicted molar refractivity (Wildman–Crippen MR) is 185 cm³/mol. The van der Waals surface area contributed by atoms with Gasteiger partial charge in [0.1, 0.15) is 17.0 Å². The number of carbonyl (C=O) groups is 3. The Kier molecular flexibility index (Phi) is 10.6. The largest absolute Gasteiger partial charge is 0.464 e. The fourth-order valence-corrected chi connectivity index (χ4v) is 6.09. The van der Waals surface area contributed by atoms with Gasteiger partial charge in [-0.1, -0.05) is 36.4 Å². The molecule has 1 aliphatic carbocycles. The number of hydrogen-bond acceptors (Lipinski definition) is 8. The van der Waals surface area contributed by atoms with Crippen molar-refractivity contribution in [3.63, 3.8) is 0 Å². The molecule has 2 amide bonds. The van der Waals surface area contributed by atoms with Gasteiger partial charge in [0.2, 0.25) is 0 Å². The molecule has 12 heteroatoms. The Morgan fingerprint density at radius 1 is 0.898 bits per heavy atom. The van der Waals surface area contributed by atoms with Crippen LogP contribution in [-0.4, -0.2) is 54.0 Å². The second-order valence-electron chi connectivity index (χ2n) is 14.3. The maximum absolute atomic E-state index is 12.7. The minimum Gasteiger partial charge on any atom is -0.464 e. The van der Waals surface area contributed by atoms with Crippen LogP contribution in [0.4, 0.5) is 14.4 Å². The molecule has 3 N–H and O–H groups in total. The monoisotopic (exact) mass is 670 g/mol. The van der Waals surface area contributed by atoms with Crippen LogP contribution in [0.25, 0.3) is 11.0 Å². The number of nitrogens with one attached hydrogen (secondary N) is 2. The molecule has 0 aliphatic heterocycles. The number of carbonyl (C=O) groups excluding carboxylic acids is 2. The SMILES string of the molecule is CC(C)(C)OC(=O)NCc1ccc(CN(Cc2nc3ccccc3n2C(=O)O)C2CCCc3cccnc32)c(CNC(=O)OC(C)(C)C)c1. The Hall–Kier alpha value is -4.97. The Balaban J connectivity index is 1.51. The average molecular weight is 671 g/mol. The van der Waals surface area contributed by atoms with Crippen molar-refractivity contribution in [2.24, 2.45) is 0 Å². The van der Waals surface area contributed by atoms with Crippen molar-refractivity contribution in [1.29, 1.82) is 0 Å². The number of amides is 2. The van der Waals surface area contributed by atoms with E-state index in [1.165, 1.54) is 10.1 Å². The standard InChI is InChI=1S/C37H46N6O6/c1-36(2,3)48-33(44)39-20-24-16-17-26(27(19-24)21-40-34(45)49-37(4,5)6)22-42(30-15-9-11-25-12-10-18-38-32(25)30)23-31-41-28-13-7-8-14-29(28)43(31)35(46)47/h7-8,10,12-14,16-19,30H,9,11,15,20-23H2,1-6H3,(H,39,44)(H,40,45)(H,46,47). The second kappa shape index (κ2) is 14.7. The van der Waals surface area contributed by atoms with E-state index in [9.17, 15) is 19.5 Å². The first-order valence-corrected chi connectivity index (χ1v) is 16.6. The normalized spacial score (nSPS) is 14.7. The van der Waals surface area contributed by atoms with E-state index >= 15 is 0 Å². The van der Waals surface area contributed by atoms with Crippen LogP contribution in [0.1, 0.15) is 94.2 Å². The van der Waals surface area contributed by atoms with Gasteiger partial charge < -0.3 is 25.2 Å². The zero-order valence-electron chi connectivity index (χ0n) is 29.1. The summed E-state index contributed by atoms with van der Waals surface area (Å²) in [6, 6.07) is 17.0. The first-order chi connectivity index (χ1) is 23.2. The number of aromatic nitrogens is 3. The lowest BCUT2D eigenvalue weighted by Crippen LogP contribution is -2.34. The number of ether oxygens (including phenoxy) is 2. The molecular formula is C37H46N6O6. The Bertz CT molecular complexity index is 1820. The molecular weight excluding hydrogens is 624 g/mol. The van der Waals surface area contributed by atoms with Crippen molar-refractivity contribution < 1.29 is 29.0 Å². The average Bonchev–Trinajstić information content (AvgIpc) is 3.39. The summed E-state index contributed by atoms with van der Waals surface area (Å²) in [6.07, 6.45) is 2.33. The van der Waals surface area contributed by atoms with Crippen LogP contribution in [0.5, 0.6) is 0 Å². The van der Waals surface area contributed by atoms with E-state index in [2.05, 4.69) is 21.6 Å². The molecule has 0 radical (unpaired) electrons. The summed E-state index contributed by atoms with van der Waals surface area (Å²) < 4.78 is 12.2. The molecule has 260 valence electrons. The molecule has 5 rings (SSSR count). The van der Waals surface area contributed by atoms with Crippen molar-refractivity contribution in [3.05, 3.63) is 94.6 Å². The Labute approximate surface area is 286 Å².